The zero-order valence-electron chi connectivity index (χ0n) is 8.86. The van der Waals surface area contributed by atoms with E-state index in [2.05, 4.69) is 69.4 Å². The molecule has 3 rings (SSSR count). The van der Waals surface area contributed by atoms with Crippen molar-refractivity contribution in [2.45, 2.75) is 6.42 Å². The molecule has 0 amide bonds. The van der Waals surface area contributed by atoms with Crippen molar-refractivity contribution in [3.05, 3.63) is 58.6 Å². The number of hydrogen-bond donors (Lipinski definition) is 0. The Kier molecular flexibility index (Phi) is 2.44. The van der Waals surface area contributed by atoms with Crippen LogP contribution in [0.5, 0.6) is 0 Å². The lowest BCUT2D eigenvalue weighted by atomic mass is 10.2. The standard InChI is InChI=1S/C14H12BrN/c15-12-5-7-13(8-6-12)16-10-9-11-3-1-2-4-14(11)16/h1-8H,9-10H2. The van der Waals surface area contributed by atoms with E-state index >= 15 is 0 Å². The zero-order valence-corrected chi connectivity index (χ0v) is 10.4. The highest BCUT2D eigenvalue weighted by molar-refractivity contribution is 9.10. The van der Waals surface area contributed by atoms with Crippen LogP contribution in [-0.4, -0.2) is 6.54 Å². The third-order valence-corrected chi connectivity index (χ3v) is 3.55. The number of benzene rings is 2. The monoisotopic (exact) mass is 273 g/mol. The second-order valence-corrected chi connectivity index (χ2v) is 4.92. The van der Waals surface area contributed by atoms with E-state index in [0.717, 1.165) is 17.4 Å². The minimum absolute atomic E-state index is 1.08. The second kappa shape index (κ2) is 3.95. The van der Waals surface area contributed by atoms with E-state index in [4.69, 9.17) is 0 Å². The lowest BCUT2D eigenvalue weighted by Crippen LogP contribution is -2.12. The maximum absolute atomic E-state index is 3.47. The summed E-state index contributed by atoms with van der Waals surface area (Å²) in [5, 5.41) is 0. The van der Waals surface area contributed by atoms with E-state index in [9.17, 15) is 0 Å². The first-order valence-corrected chi connectivity index (χ1v) is 6.25. The van der Waals surface area contributed by atoms with Crippen molar-refractivity contribution in [3.63, 3.8) is 0 Å². The van der Waals surface area contributed by atoms with Gasteiger partial charge >= 0.3 is 0 Å². The summed E-state index contributed by atoms with van der Waals surface area (Å²) in [7, 11) is 0. The van der Waals surface area contributed by atoms with Crippen LogP contribution in [0, 0.1) is 0 Å². The topological polar surface area (TPSA) is 3.24 Å². The van der Waals surface area contributed by atoms with Crippen molar-refractivity contribution in [2.75, 3.05) is 11.4 Å². The Morgan fingerprint density at radius 1 is 0.938 bits per heavy atom. The van der Waals surface area contributed by atoms with Gasteiger partial charge in [0.25, 0.3) is 0 Å². The van der Waals surface area contributed by atoms with Crippen LogP contribution in [0.4, 0.5) is 11.4 Å². The minimum Gasteiger partial charge on any atom is -0.341 e. The van der Waals surface area contributed by atoms with Crippen molar-refractivity contribution in [1.82, 2.24) is 0 Å². The van der Waals surface area contributed by atoms with Crippen LogP contribution in [0.3, 0.4) is 0 Å². The van der Waals surface area contributed by atoms with Crippen molar-refractivity contribution in [3.8, 4) is 0 Å². The Labute approximate surface area is 104 Å². The molecule has 1 nitrogen and oxygen atoms in total. The Hall–Kier alpha value is -1.28. The van der Waals surface area contributed by atoms with Crippen LogP contribution in [0.15, 0.2) is 53.0 Å². The van der Waals surface area contributed by atoms with Gasteiger partial charge in [0, 0.05) is 22.4 Å². The van der Waals surface area contributed by atoms with Gasteiger partial charge in [-0.1, -0.05) is 34.1 Å². The predicted octanol–water partition coefficient (Wildman–Crippen LogP) is 4.14. The highest BCUT2D eigenvalue weighted by Crippen LogP contribution is 2.34. The fraction of sp³-hybridized carbons (Fsp3) is 0.143. The zero-order chi connectivity index (χ0) is 11.0. The summed E-state index contributed by atoms with van der Waals surface area (Å²) in [4.78, 5) is 2.38. The first kappa shape index (κ1) is 9.91. The molecule has 80 valence electrons. The molecular formula is C14H12BrN. The predicted molar refractivity (Wildman–Crippen MR) is 71.3 cm³/mol. The third kappa shape index (κ3) is 1.63. The van der Waals surface area contributed by atoms with Crippen LogP contribution < -0.4 is 4.90 Å². The van der Waals surface area contributed by atoms with E-state index in [1.165, 1.54) is 16.9 Å². The molecule has 0 aromatic heterocycles. The van der Waals surface area contributed by atoms with Gasteiger partial charge in [-0.05, 0) is 42.3 Å². The molecule has 0 fully saturated rings. The molecule has 2 heteroatoms. The van der Waals surface area contributed by atoms with E-state index in [0.29, 0.717) is 0 Å². The molecule has 1 aliphatic rings. The number of fused-ring (bicyclic) bond motifs is 1. The third-order valence-electron chi connectivity index (χ3n) is 3.03. The summed E-state index contributed by atoms with van der Waals surface area (Å²) in [6, 6.07) is 17.1. The van der Waals surface area contributed by atoms with Crippen molar-refractivity contribution in [2.24, 2.45) is 0 Å². The summed E-state index contributed by atoms with van der Waals surface area (Å²) in [5.74, 6) is 0. The van der Waals surface area contributed by atoms with E-state index in [-0.39, 0.29) is 0 Å². The molecule has 0 unspecified atom stereocenters. The summed E-state index contributed by atoms with van der Waals surface area (Å²) >= 11 is 3.47. The summed E-state index contributed by atoms with van der Waals surface area (Å²) in [5.41, 5.74) is 4.07. The number of para-hydroxylation sites is 1. The molecular weight excluding hydrogens is 262 g/mol. The van der Waals surface area contributed by atoms with Crippen LogP contribution >= 0.6 is 15.9 Å². The Morgan fingerprint density at radius 3 is 2.50 bits per heavy atom. The SMILES string of the molecule is Brc1ccc(N2CCc3ccccc32)cc1. The van der Waals surface area contributed by atoms with Crippen LogP contribution in [0.2, 0.25) is 0 Å². The van der Waals surface area contributed by atoms with Gasteiger partial charge in [0.15, 0.2) is 0 Å². The Bertz CT molecular complexity index is 504. The van der Waals surface area contributed by atoms with Gasteiger partial charge in [-0.3, -0.25) is 0 Å². The van der Waals surface area contributed by atoms with E-state index in [1.54, 1.807) is 0 Å². The largest absolute Gasteiger partial charge is 0.341 e. The summed E-state index contributed by atoms with van der Waals surface area (Å²) < 4.78 is 1.13. The Morgan fingerprint density at radius 2 is 1.69 bits per heavy atom. The number of halogens is 1. The molecule has 0 saturated carbocycles. The van der Waals surface area contributed by atoms with Crippen LogP contribution in [0.25, 0.3) is 0 Å². The molecule has 2 aromatic rings. The highest BCUT2D eigenvalue weighted by Gasteiger charge is 2.19. The molecule has 0 aliphatic carbocycles. The Balaban J connectivity index is 2.01. The molecule has 0 saturated heterocycles. The first-order chi connectivity index (χ1) is 7.84. The summed E-state index contributed by atoms with van der Waals surface area (Å²) in [6.45, 7) is 1.08. The smallest absolute Gasteiger partial charge is 0.0444 e. The normalized spacial score (nSPS) is 13.9. The van der Waals surface area contributed by atoms with Gasteiger partial charge in [-0.15, -0.1) is 0 Å². The van der Waals surface area contributed by atoms with Crippen LogP contribution in [0.1, 0.15) is 5.56 Å². The number of anilines is 2. The molecule has 1 aliphatic heterocycles. The second-order valence-electron chi connectivity index (χ2n) is 4.01. The summed E-state index contributed by atoms with van der Waals surface area (Å²) in [6.07, 6.45) is 1.15. The molecule has 0 atom stereocenters. The first-order valence-electron chi connectivity index (χ1n) is 5.45. The molecule has 1 heterocycles. The van der Waals surface area contributed by atoms with E-state index in [1.807, 2.05) is 0 Å². The maximum Gasteiger partial charge on any atom is 0.0444 e. The lowest BCUT2D eigenvalue weighted by molar-refractivity contribution is 0.998. The van der Waals surface area contributed by atoms with Crippen molar-refractivity contribution >= 4 is 27.3 Å². The lowest BCUT2D eigenvalue weighted by Gasteiger charge is -2.19. The maximum atomic E-state index is 3.47. The van der Waals surface area contributed by atoms with Gasteiger partial charge in [-0.2, -0.15) is 0 Å². The van der Waals surface area contributed by atoms with Gasteiger partial charge < -0.3 is 4.90 Å². The fourth-order valence-electron chi connectivity index (χ4n) is 2.23. The van der Waals surface area contributed by atoms with E-state index < -0.39 is 0 Å². The quantitative estimate of drug-likeness (QED) is 0.755. The van der Waals surface area contributed by atoms with Gasteiger partial charge in [0.1, 0.15) is 0 Å². The molecule has 0 N–H and O–H groups in total. The number of rotatable bonds is 1. The molecule has 0 spiro atoms. The average Bonchev–Trinajstić information content (AvgIpc) is 2.74. The van der Waals surface area contributed by atoms with Crippen molar-refractivity contribution in [1.29, 1.82) is 0 Å². The molecule has 16 heavy (non-hydrogen) atoms. The van der Waals surface area contributed by atoms with Gasteiger partial charge in [-0.25, -0.2) is 0 Å². The fourth-order valence-corrected chi connectivity index (χ4v) is 2.49. The average molecular weight is 274 g/mol. The van der Waals surface area contributed by atoms with Gasteiger partial charge in [0.2, 0.25) is 0 Å². The molecule has 0 bridgehead atoms. The minimum atomic E-state index is 1.08. The molecule has 2 aromatic carbocycles. The number of hydrogen-bond acceptors (Lipinski definition) is 1. The molecule has 0 radical (unpaired) electrons. The van der Waals surface area contributed by atoms with Gasteiger partial charge in [0.05, 0.1) is 0 Å². The van der Waals surface area contributed by atoms with Crippen molar-refractivity contribution < 1.29 is 0 Å². The van der Waals surface area contributed by atoms with Crippen LogP contribution in [-0.2, 0) is 6.42 Å². The number of nitrogens with zero attached hydrogens (tertiary/aromatic N) is 1. The highest BCUT2D eigenvalue weighted by atomic mass is 79.9.